The number of hydrogen-bond donors (Lipinski definition) is 0. The summed E-state index contributed by atoms with van der Waals surface area (Å²) in [4.78, 5) is 0. The number of nitrogens with zero attached hydrogens (tertiary/aromatic N) is 1. The quantitative estimate of drug-likeness (QED) is 0.454. The van der Waals surface area contributed by atoms with Crippen LogP contribution in [0.5, 0.6) is 5.75 Å². The number of para-hydroxylation sites is 1. The van der Waals surface area contributed by atoms with Gasteiger partial charge in [0.2, 0.25) is 5.52 Å². The number of fused-ring (bicyclic) bond motifs is 3. The number of rotatable bonds is 1. The molecule has 2 nitrogen and oxygen atoms in total. The number of pyridine rings is 1. The summed E-state index contributed by atoms with van der Waals surface area (Å²) in [6.07, 6.45) is 1.92. The van der Waals surface area contributed by atoms with Crippen LogP contribution in [0.4, 0.5) is 4.39 Å². The van der Waals surface area contributed by atoms with Crippen molar-refractivity contribution in [2.75, 3.05) is 7.11 Å². The number of halogens is 1. The third-order valence-electron chi connectivity index (χ3n) is 3.22. The average molecular weight is 302 g/mol. The molecule has 0 atom stereocenters. The van der Waals surface area contributed by atoms with Crippen molar-refractivity contribution in [3.63, 3.8) is 0 Å². The highest BCUT2D eigenvalue weighted by molar-refractivity contribution is 6.04. The minimum Gasteiger partial charge on any atom is -0.497 e. The van der Waals surface area contributed by atoms with E-state index < -0.39 is 0 Å². The summed E-state index contributed by atoms with van der Waals surface area (Å²) in [6, 6.07) is 11.0. The van der Waals surface area contributed by atoms with Gasteiger partial charge >= 0.3 is 0 Å². The molecule has 0 unspecified atom stereocenters. The maximum atomic E-state index is 13.9. The molecule has 0 fully saturated rings. The lowest BCUT2D eigenvalue weighted by atomic mass is 10.1. The van der Waals surface area contributed by atoms with Crippen LogP contribution in [-0.4, -0.2) is 7.11 Å². The maximum absolute atomic E-state index is 13.9. The van der Waals surface area contributed by atoms with Gasteiger partial charge in [-0.3, -0.25) is 0 Å². The van der Waals surface area contributed by atoms with Crippen molar-refractivity contribution in [3.8, 4) is 5.75 Å². The third kappa shape index (κ3) is 3.35. The molecule has 0 N–H and O–H groups in total. The average Bonchev–Trinajstić information content (AvgIpc) is 2.58. The Bertz CT molecular complexity index is 753. The second-order valence-corrected chi connectivity index (χ2v) is 4.33. The fourth-order valence-electron chi connectivity index (χ4n) is 2.38. The zero-order valence-electron chi connectivity index (χ0n) is 14.3. The number of aryl methyl sites for hydroxylation is 1. The second kappa shape index (κ2) is 8.32. The number of methoxy groups -OCH3 is 1. The summed E-state index contributed by atoms with van der Waals surface area (Å²) < 4.78 is 20.9. The van der Waals surface area contributed by atoms with Crippen LogP contribution in [0.3, 0.4) is 0 Å². The standard InChI is InChI=1S/C15H13FNO.2C2H6/c1-17-9-10-8-11(18-2)6-7-12(10)13-4-3-5-14(16)15(13)17;2*1-2/h3-9H,1-2H3;2*1-2H3/q+1;;. The van der Waals surface area contributed by atoms with Crippen molar-refractivity contribution in [2.45, 2.75) is 27.7 Å². The highest BCUT2D eigenvalue weighted by atomic mass is 19.1. The van der Waals surface area contributed by atoms with E-state index in [9.17, 15) is 4.39 Å². The third-order valence-corrected chi connectivity index (χ3v) is 3.22. The summed E-state index contributed by atoms with van der Waals surface area (Å²) >= 11 is 0. The molecule has 3 rings (SSSR count). The monoisotopic (exact) mass is 302 g/mol. The molecular weight excluding hydrogens is 277 g/mol. The topological polar surface area (TPSA) is 13.1 Å². The van der Waals surface area contributed by atoms with Gasteiger partial charge in [-0.25, -0.2) is 0 Å². The Morgan fingerprint density at radius 2 is 1.64 bits per heavy atom. The number of aromatic nitrogens is 1. The Morgan fingerprint density at radius 3 is 2.27 bits per heavy atom. The van der Waals surface area contributed by atoms with E-state index in [1.54, 1.807) is 13.2 Å². The lowest BCUT2D eigenvalue weighted by Gasteiger charge is -2.05. The van der Waals surface area contributed by atoms with Crippen LogP contribution in [0.2, 0.25) is 0 Å². The molecule has 0 aliphatic carbocycles. The molecule has 1 aromatic heterocycles. The fourth-order valence-corrected chi connectivity index (χ4v) is 2.38. The minimum atomic E-state index is -0.201. The molecule has 3 aromatic rings. The lowest BCUT2D eigenvalue weighted by Crippen LogP contribution is -2.29. The first kappa shape index (κ1) is 17.9. The Hall–Kier alpha value is -2.16. The molecule has 0 amide bonds. The predicted octanol–water partition coefficient (Wildman–Crippen LogP) is 5.02. The minimum absolute atomic E-state index is 0.201. The number of benzene rings is 2. The van der Waals surface area contributed by atoms with Gasteiger partial charge in [0.25, 0.3) is 0 Å². The van der Waals surface area contributed by atoms with E-state index in [2.05, 4.69) is 0 Å². The predicted molar refractivity (Wildman–Crippen MR) is 91.8 cm³/mol. The summed E-state index contributed by atoms with van der Waals surface area (Å²) in [5.41, 5.74) is 0.621. The summed E-state index contributed by atoms with van der Waals surface area (Å²) in [5, 5.41) is 2.98. The van der Waals surface area contributed by atoms with Gasteiger partial charge in [0.05, 0.1) is 17.9 Å². The van der Waals surface area contributed by atoms with E-state index in [-0.39, 0.29) is 5.82 Å². The van der Waals surface area contributed by atoms with Crippen molar-refractivity contribution >= 4 is 21.7 Å². The molecular formula is C19H25FNO+. The lowest BCUT2D eigenvalue weighted by molar-refractivity contribution is -0.644. The SMILES string of the molecule is CC.CC.COc1ccc2c(c1)c[n+](C)c1c(F)cccc21. The van der Waals surface area contributed by atoms with Gasteiger partial charge in [-0.2, -0.15) is 8.96 Å². The highest BCUT2D eigenvalue weighted by Gasteiger charge is 2.14. The molecule has 0 saturated heterocycles. The first-order valence-corrected chi connectivity index (χ1v) is 7.75. The van der Waals surface area contributed by atoms with Gasteiger partial charge in [0.1, 0.15) is 12.8 Å². The zero-order valence-corrected chi connectivity index (χ0v) is 14.3. The molecule has 0 aliphatic rings. The van der Waals surface area contributed by atoms with Crippen molar-refractivity contribution in [2.24, 2.45) is 7.05 Å². The van der Waals surface area contributed by atoms with Gasteiger partial charge in [-0.05, 0) is 30.3 Å². The van der Waals surface area contributed by atoms with Gasteiger partial charge in [-0.15, -0.1) is 0 Å². The van der Waals surface area contributed by atoms with Crippen LogP contribution in [0.15, 0.2) is 42.6 Å². The van der Waals surface area contributed by atoms with E-state index in [0.29, 0.717) is 5.52 Å². The van der Waals surface area contributed by atoms with E-state index >= 15 is 0 Å². The molecule has 0 bridgehead atoms. The van der Waals surface area contributed by atoms with Crippen LogP contribution < -0.4 is 9.30 Å². The van der Waals surface area contributed by atoms with Gasteiger partial charge in [0.15, 0.2) is 12.0 Å². The Morgan fingerprint density at radius 1 is 0.955 bits per heavy atom. The Balaban J connectivity index is 0.000000561. The molecule has 2 aromatic carbocycles. The van der Waals surface area contributed by atoms with Gasteiger partial charge in [0, 0.05) is 5.39 Å². The fraction of sp³-hybridized carbons (Fsp3) is 0.316. The molecule has 3 heteroatoms. The first-order chi connectivity index (χ1) is 10.7. The van der Waals surface area contributed by atoms with E-state index in [1.807, 2.05) is 69.8 Å². The smallest absolute Gasteiger partial charge is 0.248 e. The number of ether oxygens (including phenoxy) is 1. The normalized spacial score (nSPS) is 9.59. The zero-order chi connectivity index (χ0) is 16.7. The molecule has 22 heavy (non-hydrogen) atoms. The largest absolute Gasteiger partial charge is 0.497 e. The van der Waals surface area contributed by atoms with Crippen molar-refractivity contribution < 1.29 is 13.7 Å². The van der Waals surface area contributed by atoms with Crippen LogP contribution in [0, 0.1) is 5.82 Å². The van der Waals surface area contributed by atoms with E-state index in [0.717, 1.165) is 21.9 Å². The van der Waals surface area contributed by atoms with Crippen LogP contribution in [0.1, 0.15) is 27.7 Å². The van der Waals surface area contributed by atoms with Crippen LogP contribution in [-0.2, 0) is 7.05 Å². The van der Waals surface area contributed by atoms with Crippen LogP contribution >= 0.6 is 0 Å². The summed E-state index contributed by atoms with van der Waals surface area (Å²) in [7, 11) is 3.49. The van der Waals surface area contributed by atoms with E-state index in [4.69, 9.17) is 4.74 Å². The molecule has 0 radical (unpaired) electrons. The molecule has 0 aliphatic heterocycles. The maximum Gasteiger partial charge on any atom is 0.248 e. The first-order valence-electron chi connectivity index (χ1n) is 7.75. The second-order valence-electron chi connectivity index (χ2n) is 4.33. The molecule has 0 spiro atoms. The Labute approximate surface area is 132 Å². The highest BCUT2D eigenvalue weighted by Crippen LogP contribution is 2.26. The van der Waals surface area contributed by atoms with Crippen molar-refractivity contribution in [1.82, 2.24) is 0 Å². The number of hydrogen-bond acceptors (Lipinski definition) is 1. The van der Waals surface area contributed by atoms with Crippen molar-refractivity contribution in [1.29, 1.82) is 0 Å². The van der Waals surface area contributed by atoms with Crippen LogP contribution in [0.25, 0.3) is 21.7 Å². The summed E-state index contributed by atoms with van der Waals surface area (Å²) in [5.74, 6) is 0.603. The Kier molecular flexibility index (Phi) is 6.77. The molecule has 118 valence electrons. The van der Waals surface area contributed by atoms with Gasteiger partial charge < -0.3 is 4.74 Å². The molecule has 0 saturated carbocycles. The van der Waals surface area contributed by atoms with Gasteiger partial charge in [-0.1, -0.05) is 33.8 Å². The van der Waals surface area contributed by atoms with E-state index in [1.165, 1.54) is 6.07 Å². The summed E-state index contributed by atoms with van der Waals surface area (Å²) in [6.45, 7) is 8.00. The van der Waals surface area contributed by atoms with Crippen molar-refractivity contribution in [3.05, 3.63) is 48.4 Å². The molecule has 1 heterocycles.